The molecule has 0 bridgehead atoms. The minimum Gasteiger partial charge on any atom is -0.350 e. The van der Waals surface area contributed by atoms with Crippen molar-refractivity contribution in [3.8, 4) is 0 Å². The number of aryl methyl sites for hydroxylation is 2. The summed E-state index contributed by atoms with van der Waals surface area (Å²) in [6.07, 6.45) is 1.01. The molecule has 1 N–H and O–H groups in total. The minimum atomic E-state index is -0.531. The number of amides is 2. The summed E-state index contributed by atoms with van der Waals surface area (Å²) in [6, 6.07) is 15.6. The van der Waals surface area contributed by atoms with Gasteiger partial charge in [-0.25, -0.2) is 0 Å². The molecule has 0 spiro atoms. The smallest absolute Gasteiger partial charge is 0.242 e. The molecule has 1 atom stereocenters. The van der Waals surface area contributed by atoms with Gasteiger partial charge in [0.25, 0.3) is 0 Å². The van der Waals surface area contributed by atoms with Crippen LogP contribution in [0, 0.1) is 13.8 Å². The van der Waals surface area contributed by atoms with E-state index in [0.717, 1.165) is 11.1 Å². The summed E-state index contributed by atoms with van der Waals surface area (Å²) in [5, 5.41) is 3.00. The zero-order valence-corrected chi connectivity index (χ0v) is 18.6. The quantitative estimate of drug-likeness (QED) is 0.764. The predicted molar refractivity (Wildman–Crippen MR) is 119 cm³/mol. The van der Waals surface area contributed by atoms with E-state index in [4.69, 9.17) is 0 Å². The Morgan fingerprint density at radius 2 is 1.62 bits per heavy atom. The maximum atomic E-state index is 13.2. The molecule has 0 aliphatic rings. The highest BCUT2D eigenvalue weighted by Gasteiger charge is 2.28. The average Bonchev–Trinajstić information content (AvgIpc) is 2.64. The Balaban J connectivity index is 2.18. The van der Waals surface area contributed by atoms with Gasteiger partial charge in [-0.3, -0.25) is 9.59 Å². The molecular formula is C25H34N2O2. The lowest BCUT2D eigenvalue weighted by Crippen LogP contribution is -2.53. The predicted octanol–water partition coefficient (Wildman–Crippen LogP) is 4.22. The normalized spacial score (nSPS) is 12.3. The lowest BCUT2D eigenvalue weighted by molar-refractivity contribution is -0.140. The standard InChI is InChI=1S/C25H34N2O2/c1-18-12-13-22(16-19(18)2)17-23(28)27(15-14-21-10-8-7-9-11-21)20(3)24(29)26-25(4,5)6/h7-13,16,20H,14-15,17H2,1-6H3,(H,26,29). The minimum absolute atomic E-state index is 0.0271. The van der Waals surface area contributed by atoms with Crippen LogP contribution < -0.4 is 5.32 Å². The van der Waals surface area contributed by atoms with Gasteiger partial charge in [-0.05, 0) is 70.2 Å². The molecule has 2 rings (SSSR count). The van der Waals surface area contributed by atoms with Gasteiger partial charge in [0.1, 0.15) is 6.04 Å². The van der Waals surface area contributed by atoms with Crippen molar-refractivity contribution in [2.45, 2.75) is 66.0 Å². The number of nitrogens with zero attached hydrogens (tertiary/aromatic N) is 1. The summed E-state index contributed by atoms with van der Waals surface area (Å²) in [6.45, 7) is 12.3. The first-order chi connectivity index (χ1) is 13.6. The molecule has 0 aromatic heterocycles. The fourth-order valence-corrected chi connectivity index (χ4v) is 3.23. The largest absolute Gasteiger partial charge is 0.350 e. The number of hydrogen-bond acceptors (Lipinski definition) is 2. The van der Waals surface area contributed by atoms with Gasteiger partial charge in [0.2, 0.25) is 11.8 Å². The molecule has 0 saturated heterocycles. The fraction of sp³-hybridized carbons (Fsp3) is 0.440. The van der Waals surface area contributed by atoms with Gasteiger partial charge >= 0.3 is 0 Å². The average molecular weight is 395 g/mol. The van der Waals surface area contributed by atoms with Crippen LogP contribution in [0.4, 0.5) is 0 Å². The molecule has 0 heterocycles. The Bertz CT molecular complexity index is 838. The van der Waals surface area contributed by atoms with Crippen LogP contribution in [0.2, 0.25) is 0 Å². The van der Waals surface area contributed by atoms with E-state index < -0.39 is 6.04 Å². The molecule has 4 nitrogen and oxygen atoms in total. The number of rotatable bonds is 7. The van der Waals surface area contributed by atoms with Crippen LogP contribution in [0.15, 0.2) is 48.5 Å². The second kappa shape index (κ2) is 9.73. The van der Waals surface area contributed by atoms with Gasteiger partial charge in [0, 0.05) is 12.1 Å². The van der Waals surface area contributed by atoms with Crippen LogP contribution in [0.3, 0.4) is 0 Å². The third-order valence-electron chi connectivity index (χ3n) is 5.08. The van der Waals surface area contributed by atoms with Crippen molar-refractivity contribution in [3.63, 3.8) is 0 Å². The van der Waals surface area contributed by atoms with Crippen LogP contribution in [0.25, 0.3) is 0 Å². The lowest BCUT2D eigenvalue weighted by Gasteiger charge is -2.31. The Kier molecular flexibility index (Phi) is 7.60. The van der Waals surface area contributed by atoms with Gasteiger partial charge in [-0.15, -0.1) is 0 Å². The molecular weight excluding hydrogens is 360 g/mol. The molecule has 0 radical (unpaired) electrons. The molecule has 0 fully saturated rings. The number of nitrogens with one attached hydrogen (secondary N) is 1. The van der Waals surface area contributed by atoms with E-state index in [2.05, 4.69) is 25.2 Å². The first-order valence-electron chi connectivity index (χ1n) is 10.3. The van der Waals surface area contributed by atoms with E-state index in [0.29, 0.717) is 19.4 Å². The fourth-order valence-electron chi connectivity index (χ4n) is 3.23. The van der Waals surface area contributed by atoms with Crippen LogP contribution in [0.5, 0.6) is 0 Å². The molecule has 29 heavy (non-hydrogen) atoms. The molecule has 156 valence electrons. The summed E-state index contributed by atoms with van der Waals surface area (Å²) in [5.74, 6) is -0.153. The third kappa shape index (κ3) is 7.04. The van der Waals surface area contributed by atoms with Crippen molar-refractivity contribution in [2.24, 2.45) is 0 Å². The number of carbonyl (C=O) groups excluding carboxylic acids is 2. The van der Waals surface area contributed by atoms with E-state index in [-0.39, 0.29) is 17.4 Å². The molecule has 0 aliphatic carbocycles. The second-order valence-electron chi connectivity index (χ2n) is 8.83. The maximum absolute atomic E-state index is 13.2. The monoisotopic (exact) mass is 394 g/mol. The topological polar surface area (TPSA) is 49.4 Å². The van der Waals surface area contributed by atoms with E-state index >= 15 is 0 Å². The molecule has 2 aromatic rings. The summed E-state index contributed by atoms with van der Waals surface area (Å²) < 4.78 is 0. The van der Waals surface area contributed by atoms with Crippen molar-refractivity contribution in [2.75, 3.05) is 6.54 Å². The van der Waals surface area contributed by atoms with E-state index in [1.807, 2.05) is 70.2 Å². The van der Waals surface area contributed by atoms with Gasteiger partial charge in [-0.1, -0.05) is 48.5 Å². The Labute approximate surface area is 175 Å². The molecule has 4 heteroatoms. The van der Waals surface area contributed by atoms with Crippen LogP contribution in [-0.4, -0.2) is 34.8 Å². The summed E-state index contributed by atoms with van der Waals surface area (Å²) >= 11 is 0. The Hall–Kier alpha value is -2.62. The zero-order valence-electron chi connectivity index (χ0n) is 18.6. The van der Waals surface area contributed by atoms with Gasteiger partial charge in [-0.2, -0.15) is 0 Å². The van der Waals surface area contributed by atoms with Crippen LogP contribution in [0.1, 0.15) is 49.9 Å². The van der Waals surface area contributed by atoms with E-state index in [9.17, 15) is 9.59 Å². The van der Waals surface area contributed by atoms with Gasteiger partial charge < -0.3 is 10.2 Å². The zero-order chi connectivity index (χ0) is 21.6. The number of carbonyl (C=O) groups is 2. The van der Waals surface area contributed by atoms with Crippen molar-refractivity contribution in [1.29, 1.82) is 0 Å². The lowest BCUT2D eigenvalue weighted by atomic mass is 10.0. The van der Waals surface area contributed by atoms with Crippen LogP contribution >= 0.6 is 0 Å². The highest BCUT2D eigenvalue weighted by molar-refractivity contribution is 5.88. The summed E-state index contributed by atoms with van der Waals surface area (Å²) in [5.41, 5.74) is 4.17. The first kappa shape index (κ1) is 22.7. The highest BCUT2D eigenvalue weighted by atomic mass is 16.2. The maximum Gasteiger partial charge on any atom is 0.242 e. The van der Waals surface area contributed by atoms with Crippen LogP contribution in [-0.2, 0) is 22.4 Å². The third-order valence-corrected chi connectivity index (χ3v) is 5.08. The number of hydrogen-bond donors (Lipinski definition) is 1. The molecule has 2 aromatic carbocycles. The van der Waals surface area contributed by atoms with Gasteiger partial charge in [0.05, 0.1) is 6.42 Å². The SMILES string of the molecule is Cc1ccc(CC(=O)N(CCc2ccccc2)C(C)C(=O)NC(C)(C)C)cc1C. The number of benzene rings is 2. The Morgan fingerprint density at radius 3 is 2.21 bits per heavy atom. The van der Waals surface area contributed by atoms with Crippen molar-refractivity contribution in [1.82, 2.24) is 10.2 Å². The molecule has 1 unspecified atom stereocenters. The van der Waals surface area contributed by atoms with E-state index in [1.54, 1.807) is 4.90 Å². The van der Waals surface area contributed by atoms with E-state index in [1.165, 1.54) is 11.1 Å². The second-order valence-corrected chi connectivity index (χ2v) is 8.83. The van der Waals surface area contributed by atoms with Crippen molar-refractivity contribution in [3.05, 3.63) is 70.8 Å². The molecule has 2 amide bonds. The summed E-state index contributed by atoms with van der Waals surface area (Å²) in [7, 11) is 0. The van der Waals surface area contributed by atoms with Crippen molar-refractivity contribution >= 4 is 11.8 Å². The van der Waals surface area contributed by atoms with Crippen molar-refractivity contribution < 1.29 is 9.59 Å². The molecule has 0 aliphatic heterocycles. The Morgan fingerprint density at radius 1 is 0.966 bits per heavy atom. The summed E-state index contributed by atoms with van der Waals surface area (Å²) in [4.78, 5) is 27.7. The first-order valence-corrected chi connectivity index (χ1v) is 10.3. The highest BCUT2D eigenvalue weighted by Crippen LogP contribution is 2.14. The molecule has 0 saturated carbocycles. The van der Waals surface area contributed by atoms with Gasteiger partial charge in [0.15, 0.2) is 0 Å².